The number of nitrogens with zero attached hydrogens (tertiary/aromatic N) is 1. The quantitative estimate of drug-likeness (QED) is 0.124. The van der Waals surface area contributed by atoms with Crippen molar-refractivity contribution in [1.82, 2.24) is 4.98 Å². The van der Waals surface area contributed by atoms with Crippen LogP contribution in [0.2, 0.25) is 5.02 Å². The number of benzene rings is 3. The van der Waals surface area contributed by atoms with E-state index in [0.29, 0.717) is 24.1 Å². The van der Waals surface area contributed by atoms with Gasteiger partial charge in [0.05, 0.1) is 17.3 Å². The lowest BCUT2D eigenvalue weighted by molar-refractivity contribution is -0.346. The fourth-order valence-corrected chi connectivity index (χ4v) is 5.30. The van der Waals surface area contributed by atoms with Gasteiger partial charge in [0.15, 0.2) is 5.76 Å². The summed E-state index contributed by atoms with van der Waals surface area (Å²) in [5.41, 5.74) is 5.55. The zero-order chi connectivity index (χ0) is 30.6. The molecular weight excluding hydrogens is 570 g/mol. The smallest absolute Gasteiger partial charge is 0.391 e. The lowest BCUT2D eigenvalue weighted by Crippen LogP contribution is -2.42. The highest BCUT2D eigenvalue weighted by Crippen LogP contribution is 2.34. The number of pyridine rings is 1. The first-order valence-corrected chi connectivity index (χ1v) is 14.2. The third-order valence-electron chi connectivity index (χ3n) is 7.27. The maximum atomic E-state index is 10.6. The lowest BCUT2D eigenvalue weighted by Gasteiger charge is -2.32. The fraction of sp³-hybridized carbons (Fsp3) is 0.206. The molecule has 8 nitrogen and oxygen atoms in total. The summed E-state index contributed by atoms with van der Waals surface area (Å²) in [5, 5.41) is 51.6. The van der Waals surface area contributed by atoms with Gasteiger partial charge in [-0.25, -0.2) is 4.98 Å². The first-order valence-electron chi connectivity index (χ1n) is 13.8. The van der Waals surface area contributed by atoms with Crippen molar-refractivity contribution in [2.24, 2.45) is 0 Å². The zero-order valence-electron chi connectivity index (χ0n) is 23.4. The molecule has 0 amide bonds. The van der Waals surface area contributed by atoms with Crippen LogP contribution in [0.15, 0.2) is 102 Å². The Kier molecular flexibility index (Phi) is 9.03. The van der Waals surface area contributed by atoms with Gasteiger partial charge >= 0.3 is 5.97 Å². The summed E-state index contributed by atoms with van der Waals surface area (Å²) >= 11 is 6.12. The summed E-state index contributed by atoms with van der Waals surface area (Å²) < 4.78 is 10.5. The van der Waals surface area contributed by atoms with Crippen molar-refractivity contribution in [1.29, 1.82) is 0 Å². The highest BCUT2D eigenvalue weighted by molar-refractivity contribution is 6.31. The summed E-state index contributed by atoms with van der Waals surface area (Å²) in [4.78, 5) is 4.67. The third-order valence-corrected chi connectivity index (χ3v) is 7.51. The molecule has 2 heterocycles. The van der Waals surface area contributed by atoms with Crippen molar-refractivity contribution in [3.8, 4) is 0 Å². The van der Waals surface area contributed by atoms with Crippen molar-refractivity contribution in [3.63, 3.8) is 0 Å². The van der Waals surface area contributed by atoms with Crippen LogP contribution in [0, 0.1) is 0 Å². The van der Waals surface area contributed by atoms with Crippen LogP contribution in [-0.2, 0) is 15.9 Å². The van der Waals surface area contributed by atoms with Gasteiger partial charge in [-0.05, 0) is 66.3 Å². The van der Waals surface area contributed by atoms with E-state index in [1.54, 1.807) is 6.92 Å². The molecule has 0 saturated heterocycles. The summed E-state index contributed by atoms with van der Waals surface area (Å²) in [7, 11) is 0. The Morgan fingerprint density at radius 3 is 2.49 bits per heavy atom. The molecule has 0 saturated carbocycles. The largest absolute Gasteiger partial charge is 0.502 e. The first kappa shape index (κ1) is 30.1. The molecule has 1 aliphatic rings. The monoisotopic (exact) mass is 601 g/mol. The Hall–Kier alpha value is -4.34. The normalized spacial score (nSPS) is 18.5. The van der Waals surface area contributed by atoms with Crippen molar-refractivity contribution >= 4 is 34.7 Å². The molecule has 0 aliphatic carbocycles. The number of ether oxygens (including phenoxy) is 2. The van der Waals surface area contributed by atoms with Gasteiger partial charge in [-0.2, -0.15) is 0 Å². The molecule has 222 valence electrons. The van der Waals surface area contributed by atoms with Crippen molar-refractivity contribution in [3.05, 3.63) is 135 Å². The third kappa shape index (κ3) is 6.84. The van der Waals surface area contributed by atoms with Gasteiger partial charge in [-0.15, -0.1) is 0 Å². The van der Waals surface area contributed by atoms with E-state index in [0.717, 1.165) is 38.9 Å². The van der Waals surface area contributed by atoms with Gasteiger partial charge in [0.1, 0.15) is 6.26 Å². The number of aliphatic hydroxyl groups excluding tert-OH is 4. The maximum Gasteiger partial charge on any atom is 0.391 e. The van der Waals surface area contributed by atoms with Gasteiger partial charge in [0.2, 0.25) is 11.5 Å². The molecule has 5 N–H and O–H groups in total. The Morgan fingerprint density at radius 2 is 1.72 bits per heavy atom. The zero-order valence-corrected chi connectivity index (χ0v) is 24.1. The van der Waals surface area contributed by atoms with E-state index >= 15 is 0 Å². The van der Waals surface area contributed by atoms with Crippen molar-refractivity contribution < 1.29 is 35.0 Å². The van der Waals surface area contributed by atoms with Crippen LogP contribution in [0.5, 0.6) is 0 Å². The minimum absolute atomic E-state index is 0.0221. The SMILES string of the molecule is CC(Cc1ccccc1C(CCO)c1ccc(/C=C/c2ccc3ccc(Cl)cc3n2)cc1)OC1(O)OC=C(O)C(O)=C1O. The van der Waals surface area contributed by atoms with Crippen LogP contribution < -0.4 is 0 Å². The van der Waals surface area contributed by atoms with Crippen LogP contribution in [-0.4, -0.2) is 49.2 Å². The average Bonchev–Trinajstić information content (AvgIpc) is 3.00. The molecule has 3 unspecified atom stereocenters. The molecule has 43 heavy (non-hydrogen) atoms. The number of rotatable bonds is 10. The molecule has 3 atom stereocenters. The van der Waals surface area contributed by atoms with E-state index in [-0.39, 0.29) is 12.5 Å². The minimum atomic E-state index is -2.64. The average molecular weight is 602 g/mol. The summed E-state index contributed by atoms with van der Waals surface area (Å²) in [6, 6.07) is 25.4. The summed E-state index contributed by atoms with van der Waals surface area (Å²) in [6.07, 6.45) is 4.76. The molecule has 4 aromatic rings. The van der Waals surface area contributed by atoms with E-state index < -0.39 is 29.4 Å². The Balaban J connectivity index is 1.33. The van der Waals surface area contributed by atoms with E-state index in [1.165, 1.54) is 0 Å². The second-order valence-corrected chi connectivity index (χ2v) is 10.8. The Bertz CT molecular complexity index is 1700. The van der Waals surface area contributed by atoms with Gasteiger partial charge in [-0.3, -0.25) is 0 Å². The van der Waals surface area contributed by atoms with E-state index in [9.17, 15) is 25.5 Å². The molecule has 0 radical (unpaired) electrons. The van der Waals surface area contributed by atoms with Crippen LogP contribution in [0.1, 0.15) is 47.2 Å². The molecule has 1 aromatic heterocycles. The van der Waals surface area contributed by atoms with Crippen LogP contribution in [0.4, 0.5) is 0 Å². The minimum Gasteiger partial charge on any atom is -0.502 e. The van der Waals surface area contributed by atoms with Gasteiger partial charge in [0.25, 0.3) is 0 Å². The number of hydrogen-bond donors (Lipinski definition) is 5. The van der Waals surface area contributed by atoms with E-state index in [2.05, 4.69) is 4.98 Å². The molecule has 0 spiro atoms. The van der Waals surface area contributed by atoms with E-state index in [4.69, 9.17) is 21.1 Å². The Morgan fingerprint density at radius 1 is 0.977 bits per heavy atom. The molecule has 9 heteroatoms. The van der Waals surface area contributed by atoms with E-state index in [1.807, 2.05) is 91.0 Å². The first-order chi connectivity index (χ1) is 20.7. The van der Waals surface area contributed by atoms with Crippen molar-refractivity contribution in [2.45, 2.75) is 37.8 Å². The lowest BCUT2D eigenvalue weighted by atomic mass is 9.84. The number of aromatic nitrogens is 1. The molecule has 5 rings (SSSR count). The number of fused-ring (bicyclic) bond motifs is 1. The van der Waals surface area contributed by atoms with Gasteiger partial charge in [0, 0.05) is 22.9 Å². The van der Waals surface area contributed by atoms with Crippen LogP contribution in [0.3, 0.4) is 0 Å². The molecule has 1 aliphatic heterocycles. The summed E-state index contributed by atoms with van der Waals surface area (Å²) in [6.45, 7) is 1.66. The molecular formula is C34H32ClNO7. The predicted molar refractivity (Wildman–Crippen MR) is 165 cm³/mol. The van der Waals surface area contributed by atoms with Gasteiger partial charge in [-0.1, -0.05) is 78.3 Å². The van der Waals surface area contributed by atoms with Gasteiger partial charge < -0.3 is 35.0 Å². The number of halogens is 1. The molecule has 0 bridgehead atoms. The number of aliphatic hydroxyl groups is 5. The second kappa shape index (κ2) is 12.9. The second-order valence-electron chi connectivity index (χ2n) is 10.4. The van der Waals surface area contributed by atoms with Crippen molar-refractivity contribution in [2.75, 3.05) is 6.61 Å². The standard InChI is InChI=1S/C34H32ClNO7/c1-21(43-34(41)33(40)32(39)31(38)20-42-34)18-25-4-2-3-5-28(25)29(16-17-37)23-9-6-22(7-10-23)8-14-27-15-12-24-11-13-26(35)19-30(24)36-27/h2-15,19-21,29,37-41H,16-18H2,1H3/b14-8+. The topological polar surface area (TPSA) is 133 Å². The molecule has 0 fully saturated rings. The summed E-state index contributed by atoms with van der Waals surface area (Å²) in [5.74, 6) is -5.47. The Labute approximate surface area is 254 Å². The predicted octanol–water partition coefficient (Wildman–Crippen LogP) is 6.92. The molecule has 3 aromatic carbocycles. The van der Waals surface area contributed by atoms with Crippen LogP contribution >= 0.6 is 11.6 Å². The maximum absolute atomic E-state index is 10.6. The number of hydrogen-bond acceptors (Lipinski definition) is 8. The fourth-order valence-electron chi connectivity index (χ4n) is 5.14. The highest BCUT2D eigenvalue weighted by atomic mass is 35.5. The van der Waals surface area contributed by atoms with Crippen LogP contribution in [0.25, 0.3) is 23.1 Å². The highest BCUT2D eigenvalue weighted by Gasteiger charge is 2.44.